The topological polar surface area (TPSA) is 17.1 Å². The first kappa shape index (κ1) is 13.1. The van der Waals surface area contributed by atoms with Crippen LogP contribution < -0.4 is 0 Å². The van der Waals surface area contributed by atoms with Crippen LogP contribution >= 0.6 is 11.6 Å². The normalized spacial score (nSPS) is 19.6. The minimum absolute atomic E-state index is 0.115. The van der Waals surface area contributed by atoms with Crippen LogP contribution in [0.3, 0.4) is 0 Å². The van der Waals surface area contributed by atoms with E-state index >= 15 is 0 Å². The summed E-state index contributed by atoms with van der Waals surface area (Å²) < 4.78 is 0. The molecule has 0 aromatic heterocycles. The summed E-state index contributed by atoms with van der Waals surface area (Å²) >= 11 is 5.90. The standard InChI is InChI=1S/C18H15ClO/c19-16-9-5-13(6-10-16)11-15-8-7-14-3-1-2-4-17(14)18(15)12-20/h1-6,9-12,18H,7-8H2. The molecule has 1 aliphatic rings. The van der Waals surface area contributed by atoms with Crippen LogP contribution in [0.2, 0.25) is 5.02 Å². The molecule has 20 heavy (non-hydrogen) atoms. The quantitative estimate of drug-likeness (QED) is 0.733. The number of carbonyl (C=O) groups is 1. The number of allylic oxidation sites excluding steroid dienone is 1. The number of fused-ring (bicyclic) bond motifs is 1. The van der Waals surface area contributed by atoms with E-state index in [1.54, 1.807) is 0 Å². The fourth-order valence-corrected chi connectivity index (χ4v) is 2.92. The van der Waals surface area contributed by atoms with Gasteiger partial charge in [-0.2, -0.15) is 0 Å². The van der Waals surface area contributed by atoms with Crippen molar-refractivity contribution in [1.82, 2.24) is 0 Å². The number of aryl methyl sites for hydroxylation is 1. The van der Waals surface area contributed by atoms with E-state index in [4.69, 9.17) is 11.6 Å². The second-order valence-corrected chi connectivity index (χ2v) is 5.52. The number of hydrogen-bond acceptors (Lipinski definition) is 1. The highest BCUT2D eigenvalue weighted by atomic mass is 35.5. The van der Waals surface area contributed by atoms with Gasteiger partial charge in [0.1, 0.15) is 6.29 Å². The van der Waals surface area contributed by atoms with Gasteiger partial charge < -0.3 is 4.79 Å². The van der Waals surface area contributed by atoms with Gasteiger partial charge in [-0.15, -0.1) is 0 Å². The first-order valence-electron chi connectivity index (χ1n) is 6.77. The van der Waals surface area contributed by atoms with E-state index < -0.39 is 0 Å². The van der Waals surface area contributed by atoms with Crippen LogP contribution in [0.15, 0.2) is 54.1 Å². The number of halogens is 1. The van der Waals surface area contributed by atoms with Gasteiger partial charge in [-0.1, -0.05) is 59.6 Å². The first-order valence-corrected chi connectivity index (χ1v) is 7.15. The lowest BCUT2D eigenvalue weighted by Crippen LogP contribution is -2.13. The van der Waals surface area contributed by atoms with E-state index in [0.29, 0.717) is 0 Å². The molecule has 0 heterocycles. The van der Waals surface area contributed by atoms with Crippen molar-refractivity contribution >= 4 is 24.0 Å². The van der Waals surface area contributed by atoms with E-state index in [-0.39, 0.29) is 5.92 Å². The van der Waals surface area contributed by atoms with Gasteiger partial charge in [0, 0.05) is 5.02 Å². The Hall–Kier alpha value is -1.86. The zero-order chi connectivity index (χ0) is 13.9. The highest BCUT2D eigenvalue weighted by molar-refractivity contribution is 6.30. The summed E-state index contributed by atoms with van der Waals surface area (Å²) in [6.07, 6.45) is 5.11. The van der Waals surface area contributed by atoms with Crippen LogP contribution in [0.25, 0.3) is 6.08 Å². The van der Waals surface area contributed by atoms with Crippen LogP contribution in [0.4, 0.5) is 0 Å². The van der Waals surface area contributed by atoms with Crippen molar-refractivity contribution < 1.29 is 4.79 Å². The predicted molar refractivity (Wildman–Crippen MR) is 83.0 cm³/mol. The Morgan fingerprint density at radius 2 is 1.75 bits per heavy atom. The third-order valence-electron chi connectivity index (χ3n) is 3.83. The molecule has 100 valence electrons. The van der Waals surface area contributed by atoms with Crippen molar-refractivity contribution in [2.75, 3.05) is 0 Å². The van der Waals surface area contributed by atoms with Crippen molar-refractivity contribution in [1.29, 1.82) is 0 Å². The van der Waals surface area contributed by atoms with Gasteiger partial charge in [0.2, 0.25) is 0 Å². The predicted octanol–water partition coefficient (Wildman–Crippen LogP) is 4.65. The number of carbonyl (C=O) groups excluding carboxylic acids is 1. The Kier molecular flexibility index (Phi) is 3.70. The Morgan fingerprint density at radius 1 is 1.00 bits per heavy atom. The number of aldehydes is 1. The highest BCUT2D eigenvalue weighted by Gasteiger charge is 2.23. The molecule has 0 aliphatic heterocycles. The summed E-state index contributed by atoms with van der Waals surface area (Å²) in [7, 11) is 0. The van der Waals surface area contributed by atoms with Gasteiger partial charge >= 0.3 is 0 Å². The van der Waals surface area contributed by atoms with Crippen LogP contribution in [0.1, 0.15) is 29.0 Å². The minimum atomic E-state index is -0.115. The van der Waals surface area contributed by atoms with Gasteiger partial charge in [-0.3, -0.25) is 0 Å². The number of hydrogen-bond donors (Lipinski definition) is 0. The average Bonchev–Trinajstić information content (AvgIpc) is 2.49. The van der Waals surface area contributed by atoms with Crippen molar-refractivity contribution in [2.45, 2.75) is 18.8 Å². The van der Waals surface area contributed by atoms with E-state index in [1.165, 1.54) is 11.1 Å². The third kappa shape index (κ3) is 2.54. The molecule has 0 spiro atoms. The zero-order valence-electron chi connectivity index (χ0n) is 11.1. The molecule has 2 heteroatoms. The molecule has 0 N–H and O–H groups in total. The Bertz CT molecular complexity index is 655. The van der Waals surface area contributed by atoms with Crippen LogP contribution in [0, 0.1) is 0 Å². The maximum Gasteiger partial charge on any atom is 0.131 e. The Balaban J connectivity index is 1.99. The first-order chi connectivity index (χ1) is 9.78. The van der Waals surface area contributed by atoms with Gasteiger partial charge in [-0.05, 0) is 41.7 Å². The maximum absolute atomic E-state index is 11.5. The fraction of sp³-hybridized carbons (Fsp3) is 0.167. The van der Waals surface area contributed by atoms with Crippen molar-refractivity contribution in [3.05, 3.63) is 75.8 Å². The van der Waals surface area contributed by atoms with E-state index in [2.05, 4.69) is 18.2 Å². The lowest BCUT2D eigenvalue weighted by atomic mass is 9.79. The monoisotopic (exact) mass is 282 g/mol. The second-order valence-electron chi connectivity index (χ2n) is 5.08. The summed E-state index contributed by atoms with van der Waals surface area (Å²) in [4.78, 5) is 11.5. The van der Waals surface area contributed by atoms with Gasteiger partial charge in [0.05, 0.1) is 5.92 Å². The fourth-order valence-electron chi connectivity index (χ4n) is 2.80. The summed E-state index contributed by atoms with van der Waals surface area (Å²) in [5, 5.41) is 0.730. The molecule has 0 saturated carbocycles. The van der Waals surface area contributed by atoms with E-state index in [0.717, 1.165) is 35.3 Å². The average molecular weight is 283 g/mol. The van der Waals surface area contributed by atoms with Crippen LogP contribution in [-0.2, 0) is 11.2 Å². The molecular formula is C18H15ClO. The van der Waals surface area contributed by atoms with Crippen LogP contribution in [0.5, 0.6) is 0 Å². The molecule has 0 amide bonds. The smallest absolute Gasteiger partial charge is 0.131 e. The summed E-state index contributed by atoms with van der Waals surface area (Å²) in [5.74, 6) is -0.115. The lowest BCUT2D eigenvalue weighted by Gasteiger charge is -2.24. The van der Waals surface area contributed by atoms with Crippen molar-refractivity contribution in [2.24, 2.45) is 0 Å². The highest BCUT2D eigenvalue weighted by Crippen LogP contribution is 2.35. The summed E-state index contributed by atoms with van der Waals surface area (Å²) in [5.41, 5.74) is 4.71. The Morgan fingerprint density at radius 3 is 2.50 bits per heavy atom. The largest absolute Gasteiger partial charge is 0.302 e. The van der Waals surface area contributed by atoms with Crippen LogP contribution in [-0.4, -0.2) is 6.29 Å². The van der Waals surface area contributed by atoms with Crippen molar-refractivity contribution in [3.8, 4) is 0 Å². The number of benzene rings is 2. The summed E-state index contributed by atoms with van der Waals surface area (Å²) in [6.45, 7) is 0. The third-order valence-corrected chi connectivity index (χ3v) is 4.08. The zero-order valence-corrected chi connectivity index (χ0v) is 11.8. The second kappa shape index (κ2) is 5.64. The van der Waals surface area contributed by atoms with E-state index in [1.807, 2.05) is 36.4 Å². The molecule has 0 bridgehead atoms. The van der Waals surface area contributed by atoms with E-state index in [9.17, 15) is 4.79 Å². The van der Waals surface area contributed by atoms with Gasteiger partial charge in [0.15, 0.2) is 0 Å². The molecule has 2 aromatic carbocycles. The van der Waals surface area contributed by atoms with Gasteiger partial charge in [0.25, 0.3) is 0 Å². The molecule has 0 radical (unpaired) electrons. The molecule has 2 aromatic rings. The molecule has 1 aliphatic carbocycles. The maximum atomic E-state index is 11.5. The minimum Gasteiger partial charge on any atom is -0.302 e. The SMILES string of the molecule is O=CC1C(=Cc2ccc(Cl)cc2)CCc2ccccc21. The number of rotatable bonds is 2. The molecule has 1 nitrogen and oxygen atoms in total. The van der Waals surface area contributed by atoms with Crippen molar-refractivity contribution in [3.63, 3.8) is 0 Å². The Labute approximate surface area is 123 Å². The lowest BCUT2D eigenvalue weighted by molar-refractivity contribution is -0.108. The molecule has 3 rings (SSSR count). The molecule has 0 fully saturated rings. The summed E-state index contributed by atoms with van der Waals surface area (Å²) in [6, 6.07) is 15.9. The molecule has 1 unspecified atom stereocenters. The molecule has 0 saturated heterocycles. The molecule has 1 atom stereocenters. The van der Waals surface area contributed by atoms with Gasteiger partial charge in [-0.25, -0.2) is 0 Å². The molecular weight excluding hydrogens is 268 g/mol.